The Balaban J connectivity index is 1.25. The fourth-order valence-corrected chi connectivity index (χ4v) is 5.96. The van der Waals surface area contributed by atoms with Gasteiger partial charge in [0.05, 0.1) is 18.8 Å². The molecule has 0 fully saturated rings. The van der Waals surface area contributed by atoms with Crippen LogP contribution in [0.3, 0.4) is 0 Å². The minimum Gasteiger partial charge on any atom is -0.487 e. The van der Waals surface area contributed by atoms with Crippen LogP contribution in [-0.2, 0) is 23.0 Å². The summed E-state index contributed by atoms with van der Waals surface area (Å²) in [6.07, 6.45) is 12.5. The highest BCUT2D eigenvalue weighted by molar-refractivity contribution is 5.93. The van der Waals surface area contributed by atoms with Gasteiger partial charge in [-0.1, -0.05) is 42.8 Å². The Hall–Kier alpha value is -5.18. The van der Waals surface area contributed by atoms with Gasteiger partial charge in [-0.2, -0.15) is 4.57 Å². The number of ether oxygens (including phenoxy) is 2. The Morgan fingerprint density at radius 3 is 2.13 bits per heavy atom. The van der Waals surface area contributed by atoms with Crippen molar-refractivity contribution < 1.29 is 32.8 Å². The maximum absolute atomic E-state index is 13.1. The van der Waals surface area contributed by atoms with Crippen molar-refractivity contribution in [1.82, 2.24) is 5.48 Å². The van der Waals surface area contributed by atoms with Crippen LogP contribution in [0.1, 0.15) is 47.3 Å². The number of esters is 1. The lowest BCUT2D eigenvalue weighted by atomic mass is 9.93. The molecule has 5 aromatic rings. The molecule has 0 bridgehead atoms. The molecule has 0 spiro atoms. The monoisotopic (exact) mass is 629 g/mol. The van der Waals surface area contributed by atoms with Crippen LogP contribution < -0.4 is 23.9 Å². The van der Waals surface area contributed by atoms with E-state index in [1.807, 2.05) is 53.5 Å². The zero-order chi connectivity index (χ0) is 32.4. The quantitative estimate of drug-likeness (QED) is 0.0741. The largest absolute Gasteiger partial charge is 0.487 e. The number of aromatic nitrogens is 3. The van der Waals surface area contributed by atoms with Gasteiger partial charge in [-0.15, -0.1) is 4.57 Å². The second-order valence-electron chi connectivity index (χ2n) is 11.4. The van der Waals surface area contributed by atoms with Gasteiger partial charge in [0, 0.05) is 42.9 Å². The SMILES string of the molecule is CNOCCCCCCOc1ccc[n+]2c1C(=O)OC2=C[n+]1ccccc1-c1ccccc1Cc1ccccc1-c1cccc[n+]1C. The molecule has 8 heteroatoms. The number of nitrogens with zero attached hydrogens (tertiary/aromatic N) is 3. The number of hydroxylamine groups is 1. The number of fused-ring (bicyclic) bond motifs is 1. The average molecular weight is 630 g/mol. The molecule has 0 amide bonds. The maximum Gasteiger partial charge on any atom is 0.448 e. The van der Waals surface area contributed by atoms with E-state index in [2.05, 4.69) is 90.0 Å². The lowest BCUT2D eigenvalue weighted by Crippen LogP contribution is -2.37. The van der Waals surface area contributed by atoms with Crippen LogP contribution in [0.5, 0.6) is 5.75 Å². The summed E-state index contributed by atoms with van der Waals surface area (Å²) in [6.45, 7) is 1.21. The zero-order valence-corrected chi connectivity index (χ0v) is 27.0. The number of benzene rings is 2. The van der Waals surface area contributed by atoms with Crippen LogP contribution >= 0.6 is 0 Å². The molecule has 47 heavy (non-hydrogen) atoms. The number of hydrogen-bond acceptors (Lipinski definition) is 5. The minimum absolute atomic E-state index is 0.394. The van der Waals surface area contributed by atoms with Crippen LogP contribution in [-0.4, -0.2) is 26.2 Å². The van der Waals surface area contributed by atoms with Gasteiger partial charge in [0.25, 0.3) is 6.20 Å². The molecule has 1 aliphatic heterocycles. The van der Waals surface area contributed by atoms with Crippen LogP contribution in [0.4, 0.5) is 0 Å². The van der Waals surface area contributed by atoms with Crippen molar-refractivity contribution in [3.63, 3.8) is 0 Å². The Morgan fingerprint density at radius 1 is 0.723 bits per heavy atom. The summed E-state index contributed by atoms with van der Waals surface area (Å²) in [7, 11) is 3.84. The van der Waals surface area contributed by atoms with Gasteiger partial charge in [-0.05, 0) is 67.1 Å². The number of carbonyl (C=O) groups excluding carboxylic acids is 1. The predicted molar refractivity (Wildman–Crippen MR) is 179 cm³/mol. The molecule has 1 aliphatic rings. The molecule has 2 aromatic carbocycles. The summed E-state index contributed by atoms with van der Waals surface area (Å²) in [6, 6.07) is 33.1. The van der Waals surface area contributed by atoms with Crippen LogP contribution in [0.15, 0.2) is 116 Å². The molecule has 0 unspecified atom stereocenters. The third kappa shape index (κ3) is 7.46. The first-order valence-electron chi connectivity index (χ1n) is 16.2. The summed E-state index contributed by atoms with van der Waals surface area (Å²) < 4.78 is 17.8. The molecule has 6 rings (SSSR count). The second-order valence-corrected chi connectivity index (χ2v) is 11.4. The molecule has 1 N–H and O–H groups in total. The van der Waals surface area contributed by atoms with Gasteiger partial charge < -0.3 is 14.3 Å². The molecular formula is C39H41N4O4+3. The van der Waals surface area contributed by atoms with Gasteiger partial charge in [0.1, 0.15) is 7.05 Å². The van der Waals surface area contributed by atoms with E-state index < -0.39 is 5.97 Å². The van der Waals surface area contributed by atoms with E-state index in [0.29, 0.717) is 30.5 Å². The lowest BCUT2D eigenvalue weighted by Gasteiger charge is -2.11. The Bertz CT molecular complexity index is 1890. The highest BCUT2D eigenvalue weighted by Crippen LogP contribution is 2.29. The van der Waals surface area contributed by atoms with Gasteiger partial charge in [-0.25, -0.2) is 14.8 Å². The third-order valence-corrected chi connectivity index (χ3v) is 8.29. The van der Waals surface area contributed by atoms with E-state index in [-0.39, 0.29) is 0 Å². The summed E-state index contributed by atoms with van der Waals surface area (Å²) in [5.74, 6) is 0.505. The first-order valence-corrected chi connectivity index (χ1v) is 16.2. The number of rotatable bonds is 14. The highest BCUT2D eigenvalue weighted by Gasteiger charge is 2.41. The number of aryl methyl sites for hydroxylation is 1. The van der Waals surface area contributed by atoms with E-state index in [4.69, 9.17) is 14.3 Å². The van der Waals surface area contributed by atoms with E-state index in [9.17, 15) is 4.79 Å². The third-order valence-electron chi connectivity index (χ3n) is 8.29. The van der Waals surface area contributed by atoms with Gasteiger partial charge in [-0.3, -0.25) is 0 Å². The highest BCUT2D eigenvalue weighted by atomic mass is 16.6. The Kier molecular flexibility index (Phi) is 10.4. The molecule has 0 atom stereocenters. The maximum atomic E-state index is 13.1. The van der Waals surface area contributed by atoms with E-state index in [0.717, 1.165) is 49.1 Å². The van der Waals surface area contributed by atoms with Crippen molar-refractivity contribution in [1.29, 1.82) is 0 Å². The van der Waals surface area contributed by atoms with E-state index in [1.165, 1.54) is 16.7 Å². The van der Waals surface area contributed by atoms with E-state index >= 15 is 0 Å². The summed E-state index contributed by atoms with van der Waals surface area (Å²) >= 11 is 0. The molecule has 0 saturated heterocycles. The number of cyclic esters (lactones) is 1. The van der Waals surface area contributed by atoms with Gasteiger partial charge >= 0.3 is 17.5 Å². The van der Waals surface area contributed by atoms with E-state index in [1.54, 1.807) is 11.6 Å². The number of pyridine rings is 3. The normalized spacial score (nSPS) is 13.1. The first kappa shape index (κ1) is 31.8. The zero-order valence-electron chi connectivity index (χ0n) is 27.0. The van der Waals surface area contributed by atoms with Crippen molar-refractivity contribution in [3.8, 4) is 28.3 Å². The summed E-state index contributed by atoms with van der Waals surface area (Å²) in [4.78, 5) is 18.3. The number of carbonyl (C=O) groups is 1. The predicted octanol–water partition coefficient (Wildman–Crippen LogP) is 5.68. The topological polar surface area (TPSA) is 68.4 Å². The molecule has 238 valence electrons. The fraction of sp³-hybridized carbons (Fsp3) is 0.231. The van der Waals surface area contributed by atoms with Gasteiger partial charge in [0.2, 0.25) is 11.4 Å². The standard InChI is InChI=1S/C39H41N4O4/c1-40-46-27-14-4-3-13-26-45-36-22-15-25-43-37(47-39(44)38(36)43)29-42-24-12-10-21-35(42)33-19-8-6-17-31(33)28-30-16-5-7-18-32(30)34-20-9-11-23-41(34)2/h5-12,15-25,29,40H,3-4,13-14,26-28H2,1-2H3/q+3. The first-order chi connectivity index (χ1) is 23.1. The molecule has 0 aliphatic carbocycles. The smallest absolute Gasteiger partial charge is 0.448 e. The lowest BCUT2D eigenvalue weighted by molar-refractivity contribution is -0.660. The Labute approximate surface area is 276 Å². The molecule has 8 nitrogen and oxygen atoms in total. The minimum atomic E-state index is -0.430. The molecule has 0 radical (unpaired) electrons. The number of hydrogen-bond donors (Lipinski definition) is 1. The molecule has 0 saturated carbocycles. The van der Waals surface area contributed by atoms with Crippen molar-refractivity contribution >= 4 is 18.1 Å². The molecular weight excluding hydrogens is 588 g/mol. The molecule has 3 aromatic heterocycles. The van der Waals surface area contributed by atoms with Crippen molar-refractivity contribution in [2.75, 3.05) is 20.3 Å². The molecule has 4 heterocycles. The van der Waals surface area contributed by atoms with Crippen LogP contribution in [0.25, 0.3) is 34.6 Å². The summed E-state index contributed by atoms with van der Waals surface area (Å²) in [5, 5.41) is 0. The fourth-order valence-electron chi connectivity index (χ4n) is 5.96. The van der Waals surface area contributed by atoms with Crippen molar-refractivity contribution in [2.45, 2.75) is 32.1 Å². The Morgan fingerprint density at radius 2 is 1.38 bits per heavy atom. The van der Waals surface area contributed by atoms with Crippen LogP contribution in [0.2, 0.25) is 0 Å². The van der Waals surface area contributed by atoms with Crippen molar-refractivity contribution in [3.05, 3.63) is 132 Å². The average Bonchev–Trinajstić information content (AvgIpc) is 3.42. The van der Waals surface area contributed by atoms with Crippen molar-refractivity contribution in [2.24, 2.45) is 7.05 Å². The summed E-state index contributed by atoms with van der Waals surface area (Å²) in [5.41, 5.74) is 9.97. The van der Waals surface area contributed by atoms with Crippen LogP contribution in [0, 0.1) is 0 Å². The van der Waals surface area contributed by atoms with Gasteiger partial charge in [0.15, 0.2) is 24.3 Å². The number of nitrogens with one attached hydrogen (secondary N) is 1. The second kappa shape index (κ2) is 15.4. The number of unbranched alkanes of at least 4 members (excludes halogenated alkanes) is 3.